The van der Waals surface area contributed by atoms with Crippen molar-refractivity contribution in [3.05, 3.63) is 70.1 Å². The average molecular weight is 449 g/mol. The molecule has 174 valence electrons. The first-order valence-corrected chi connectivity index (χ1v) is 11.6. The lowest BCUT2D eigenvalue weighted by Crippen LogP contribution is -2.34. The molecule has 4 heterocycles. The Morgan fingerprint density at radius 2 is 2.03 bits per heavy atom. The molecule has 7 nitrogen and oxygen atoms in total. The van der Waals surface area contributed by atoms with Gasteiger partial charge < -0.3 is 14.4 Å². The zero-order valence-electron chi connectivity index (χ0n) is 19.8. The van der Waals surface area contributed by atoms with Crippen LogP contribution in [0.1, 0.15) is 55.2 Å². The third-order valence-corrected chi connectivity index (χ3v) is 6.48. The number of rotatable bonds is 6. The van der Waals surface area contributed by atoms with Crippen molar-refractivity contribution in [3.8, 4) is 0 Å². The van der Waals surface area contributed by atoms with E-state index in [-0.39, 0.29) is 17.9 Å². The standard InChI is InChI=1S/C26H32N4O3/c1-5-33-26(32)24-18(3)28-23(25(24)31)14-21-13-17(2)30(19(21)4)22-8-11-29(12-9-22)16-20-7-6-10-27-15-20/h6-7,10,13-15,22,31H,5,8-9,11-12,16H2,1-4H3/b23-14+. The van der Waals surface area contributed by atoms with Crippen molar-refractivity contribution in [1.29, 1.82) is 0 Å². The highest BCUT2D eigenvalue weighted by Crippen LogP contribution is 2.32. The number of ether oxygens (including phenoxy) is 1. The molecule has 1 fully saturated rings. The van der Waals surface area contributed by atoms with E-state index in [2.05, 4.69) is 45.4 Å². The Morgan fingerprint density at radius 3 is 2.70 bits per heavy atom. The second-order valence-corrected chi connectivity index (χ2v) is 8.74. The van der Waals surface area contributed by atoms with E-state index >= 15 is 0 Å². The molecule has 0 aliphatic carbocycles. The summed E-state index contributed by atoms with van der Waals surface area (Å²) in [6, 6.07) is 6.69. The van der Waals surface area contributed by atoms with E-state index in [0.717, 1.165) is 43.7 Å². The van der Waals surface area contributed by atoms with Crippen LogP contribution < -0.4 is 0 Å². The number of pyridine rings is 1. The van der Waals surface area contributed by atoms with Gasteiger partial charge in [-0.15, -0.1) is 0 Å². The van der Waals surface area contributed by atoms with Gasteiger partial charge in [0.25, 0.3) is 0 Å². The summed E-state index contributed by atoms with van der Waals surface area (Å²) in [7, 11) is 0. The van der Waals surface area contributed by atoms with Gasteiger partial charge in [-0.3, -0.25) is 9.88 Å². The Morgan fingerprint density at radius 1 is 1.27 bits per heavy atom. The van der Waals surface area contributed by atoms with Crippen molar-refractivity contribution in [2.24, 2.45) is 4.99 Å². The molecule has 0 atom stereocenters. The van der Waals surface area contributed by atoms with E-state index < -0.39 is 5.97 Å². The van der Waals surface area contributed by atoms with E-state index in [1.165, 1.54) is 11.3 Å². The fourth-order valence-electron chi connectivity index (χ4n) is 4.88. The Balaban J connectivity index is 1.50. The third-order valence-electron chi connectivity index (χ3n) is 6.48. The number of piperidine rings is 1. The highest BCUT2D eigenvalue weighted by atomic mass is 16.5. The topological polar surface area (TPSA) is 80.0 Å². The summed E-state index contributed by atoms with van der Waals surface area (Å²) in [5, 5.41) is 10.6. The van der Waals surface area contributed by atoms with E-state index in [1.807, 2.05) is 24.5 Å². The van der Waals surface area contributed by atoms with Gasteiger partial charge in [-0.25, -0.2) is 9.79 Å². The molecule has 1 saturated heterocycles. The predicted molar refractivity (Wildman–Crippen MR) is 129 cm³/mol. The molecule has 0 bridgehead atoms. The smallest absolute Gasteiger partial charge is 0.343 e. The number of aliphatic hydroxyl groups is 1. The molecule has 0 radical (unpaired) electrons. The van der Waals surface area contributed by atoms with E-state index in [9.17, 15) is 9.90 Å². The summed E-state index contributed by atoms with van der Waals surface area (Å²) in [6.45, 7) is 11.0. The zero-order valence-corrected chi connectivity index (χ0v) is 19.8. The van der Waals surface area contributed by atoms with Crippen molar-refractivity contribution in [3.63, 3.8) is 0 Å². The minimum absolute atomic E-state index is 0.112. The van der Waals surface area contributed by atoms with Crippen LogP contribution >= 0.6 is 0 Å². The number of aliphatic hydroxyl groups excluding tert-OH is 1. The van der Waals surface area contributed by atoms with E-state index in [1.54, 1.807) is 13.8 Å². The number of hydrogen-bond donors (Lipinski definition) is 1. The lowest BCUT2D eigenvalue weighted by Gasteiger charge is -2.34. The Labute approximate surface area is 195 Å². The molecule has 2 aliphatic rings. The summed E-state index contributed by atoms with van der Waals surface area (Å²) in [5.74, 6) is -0.650. The van der Waals surface area contributed by atoms with Gasteiger partial charge in [0.2, 0.25) is 0 Å². The molecule has 2 aliphatic heterocycles. The van der Waals surface area contributed by atoms with E-state index in [0.29, 0.717) is 17.5 Å². The molecule has 0 amide bonds. The summed E-state index contributed by atoms with van der Waals surface area (Å²) in [6.07, 6.45) is 7.79. The van der Waals surface area contributed by atoms with E-state index in [4.69, 9.17) is 4.74 Å². The number of aromatic nitrogens is 2. The van der Waals surface area contributed by atoms with Crippen LogP contribution in [0.4, 0.5) is 0 Å². The maximum atomic E-state index is 12.2. The number of carbonyl (C=O) groups excluding carboxylic acids is 1. The maximum Gasteiger partial charge on any atom is 0.343 e. The molecule has 0 unspecified atom stereocenters. The molecule has 0 aromatic carbocycles. The average Bonchev–Trinajstić information content (AvgIpc) is 3.23. The fourth-order valence-corrected chi connectivity index (χ4v) is 4.88. The Bertz CT molecular complexity index is 1120. The van der Waals surface area contributed by atoms with Gasteiger partial charge in [0.05, 0.1) is 12.3 Å². The first-order valence-electron chi connectivity index (χ1n) is 11.6. The molecule has 33 heavy (non-hydrogen) atoms. The SMILES string of the molecule is CCOC(=O)C1=C(O)/C(=C\c2cc(C)n(C3CCN(Cc4cccnc4)CC3)c2C)N=C1C. The maximum absolute atomic E-state index is 12.2. The van der Waals surface area contributed by atoms with Crippen LogP contribution in [-0.4, -0.2) is 50.9 Å². The lowest BCUT2D eigenvalue weighted by atomic mass is 10.0. The Hall–Kier alpha value is -3.19. The number of aryl methyl sites for hydroxylation is 1. The zero-order chi connectivity index (χ0) is 23.5. The molecule has 4 rings (SSSR count). The van der Waals surface area contributed by atoms with Gasteiger partial charge in [-0.05, 0) is 69.9 Å². The minimum Gasteiger partial charge on any atom is -0.505 e. The van der Waals surface area contributed by atoms with Gasteiger partial charge >= 0.3 is 5.97 Å². The van der Waals surface area contributed by atoms with Crippen molar-refractivity contribution < 1.29 is 14.6 Å². The van der Waals surface area contributed by atoms with Gasteiger partial charge in [0.1, 0.15) is 11.3 Å². The molecular weight excluding hydrogens is 416 g/mol. The van der Waals surface area contributed by atoms with Crippen LogP contribution in [0, 0.1) is 13.8 Å². The molecule has 0 saturated carbocycles. The van der Waals surface area contributed by atoms with Crippen LogP contribution in [0.15, 0.2) is 52.6 Å². The molecule has 2 aromatic heterocycles. The van der Waals surface area contributed by atoms with Crippen LogP contribution in [-0.2, 0) is 16.1 Å². The molecule has 2 aromatic rings. The minimum atomic E-state index is -0.539. The van der Waals surface area contributed by atoms with Crippen LogP contribution in [0.2, 0.25) is 0 Å². The van der Waals surface area contributed by atoms with Gasteiger partial charge in [-0.2, -0.15) is 0 Å². The van der Waals surface area contributed by atoms with Crippen LogP contribution in [0.3, 0.4) is 0 Å². The quantitative estimate of drug-likeness (QED) is 0.657. The first-order chi connectivity index (χ1) is 15.9. The largest absolute Gasteiger partial charge is 0.505 e. The third kappa shape index (κ3) is 4.78. The molecule has 7 heteroatoms. The number of carbonyl (C=O) groups is 1. The van der Waals surface area contributed by atoms with Gasteiger partial charge in [0, 0.05) is 49.5 Å². The monoisotopic (exact) mass is 448 g/mol. The molecule has 0 spiro atoms. The number of aliphatic imine (C=N–C) groups is 1. The number of hydrogen-bond acceptors (Lipinski definition) is 6. The Kier molecular flexibility index (Phi) is 6.79. The number of nitrogens with zero attached hydrogens (tertiary/aromatic N) is 4. The van der Waals surface area contributed by atoms with Crippen LogP contribution in [0.5, 0.6) is 0 Å². The van der Waals surface area contributed by atoms with Gasteiger partial charge in [0.15, 0.2) is 5.76 Å². The highest BCUT2D eigenvalue weighted by Gasteiger charge is 2.28. The second-order valence-electron chi connectivity index (χ2n) is 8.74. The predicted octanol–water partition coefficient (Wildman–Crippen LogP) is 4.53. The van der Waals surface area contributed by atoms with Crippen molar-refractivity contribution >= 4 is 17.8 Å². The fraction of sp³-hybridized carbons (Fsp3) is 0.423. The summed E-state index contributed by atoms with van der Waals surface area (Å²) < 4.78 is 7.47. The first kappa shape index (κ1) is 23.0. The van der Waals surface area contributed by atoms with Crippen molar-refractivity contribution in [2.45, 2.75) is 53.1 Å². The van der Waals surface area contributed by atoms with Crippen molar-refractivity contribution in [2.75, 3.05) is 19.7 Å². The normalized spacial score (nSPS) is 18.8. The molecule has 1 N–H and O–H groups in total. The molecular formula is C26H32N4O3. The summed E-state index contributed by atoms with van der Waals surface area (Å²) in [5.41, 5.74) is 5.63. The second kappa shape index (κ2) is 9.75. The summed E-state index contributed by atoms with van der Waals surface area (Å²) >= 11 is 0. The van der Waals surface area contributed by atoms with Crippen LogP contribution in [0.25, 0.3) is 6.08 Å². The van der Waals surface area contributed by atoms with Gasteiger partial charge in [-0.1, -0.05) is 6.07 Å². The lowest BCUT2D eigenvalue weighted by molar-refractivity contribution is -0.138. The highest BCUT2D eigenvalue weighted by molar-refractivity contribution is 6.22. The summed E-state index contributed by atoms with van der Waals surface area (Å²) in [4.78, 5) is 23.3. The number of likely N-dealkylation sites (tertiary alicyclic amines) is 1. The number of esters is 1. The van der Waals surface area contributed by atoms with Crippen molar-refractivity contribution in [1.82, 2.24) is 14.5 Å².